The van der Waals surface area contributed by atoms with Crippen molar-refractivity contribution in [2.75, 3.05) is 13.1 Å². The minimum Gasteiger partial charge on any atom is -0.444 e. The largest absolute Gasteiger partial charge is 0.444 e. The van der Waals surface area contributed by atoms with Gasteiger partial charge in [-0.05, 0) is 51.8 Å². The van der Waals surface area contributed by atoms with E-state index in [1.54, 1.807) is 4.90 Å². The lowest BCUT2D eigenvalue weighted by Crippen LogP contribution is -2.42. The topological polar surface area (TPSA) is 47.4 Å². The van der Waals surface area contributed by atoms with Crippen LogP contribution in [0.2, 0.25) is 5.02 Å². The van der Waals surface area contributed by atoms with E-state index in [1.165, 1.54) is 0 Å². The van der Waals surface area contributed by atoms with E-state index in [4.69, 9.17) is 27.9 Å². The predicted molar refractivity (Wildman–Crippen MR) is 100 cm³/mol. The van der Waals surface area contributed by atoms with E-state index >= 15 is 0 Å². The zero-order valence-corrected chi connectivity index (χ0v) is 16.3. The first-order chi connectivity index (χ1) is 11.8. The molecule has 0 unspecified atom stereocenters. The van der Waals surface area contributed by atoms with E-state index in [1.807, 2.05) is 39.0 Å². The van der Waals surface area contributed by atoms with Gasteiger partial charge in [0.2, 0.25) is 0 Å². The number of benzene rings is 1. The van der Waals surface area contributed by atoms with Gasteiger partial charge in [0.25, 0.3) is 0 Å². The maximum atomic E-state index is 12.2. The molecule has 0 saturated carbocycles. The molecule has 7 heteroatoms. The van der Waals surface area contributed by atoms with Gasteiger partial charge in [-0.25, -0.2) is 9.78 Å². The standard InChI is InChI=1S/C18H23Cl2N3O2/c1-18(2,3)25-17(24)22-8-6-13(7-9-22)23-15-5-4-12(20)10-14(15)21-16(23)11-19/h4-5,10,13H,6-9,11H2,1-3H3. The highest BCUT2D eigenvalue weighted by Crippen LogP contribution is 2.31. The summed E-state index contributed by atoms with van der Waals surface area (Å²) in [6, 6.07) is 5.98. The molecule has 2 heterocycles. The summed E-state index contributed by atoms with van der Waals surface area (Å²) in [5.74, 6) is 1.19. The molecule has 1 saturated heterocycles. The second-order valence-electron chi connectivity index (χ2n) is 7.36. The second kappa shape index (κ2) is 7.04. The number of imidazole rings is 1. The van der Waals surface area contributed by atoms with Crippen LogP contribution in [0.3, 0.4) is 0 Å². The number of carbonyl (C=O) groups excluding carboxylic acids is 1. The predicted octanol–water partition coefficient (Wildman–Crippen LogP) is 5.00. The van der Waals surface area contributed by atoms with Crippen molar-refractivity contribution in [3.8, 4) is 0 Å². The highest BCUT2D eigenvalue weighted by molar-refractivity contribution is 6.31. The van der Waals surface area contributed by atoms with E-state index in [0.717, 1.165) is 29.7 Å². The van der Waals surface area contributed by atoms with Crippen molar-refractivity contribution >= 4 is 40.3 Å². The average molecular weight is 384 g/mol. The van der Waals surface area contributed by atoms with Gasteiger partial charge in [-0.15, -0.1) is 11.6 Å². The fourth-order valence-electron chi connectivity index (χ4n) is 3.26. The molecule has 25 heavy (non-hydrogen) atoms. The first-order valence-electron chi connectivity index (χ1n) is 8.49. The molecule has 1 aliphatic rings. The first kappa shape index (κ1) is 18.3. The molecule has 1 fully saturated rings. The smallest absolute Gasteiger partial charge is 0.410 e. The lowest BCUT2D eigenvalue weighted by Gasteiger charge is -2.34. The molecule has 1 aromatic carbocycles. The minimum atomic E-state index is -0.473. The zero-order valence-electron chi connectivity index (χ0n) is 14.8. The number of rotatable bonds is 2. The first-order valence-corrected chi connectivity index (χ1v) is 9.40. The molecule has 136 valence electrons. The lowest BCUT2D eigenvalue weighted by atomic mass is 10.0. The van der Waals surface area contributed by atoms with Crippen LogP contribution in [-0.4, -0.2) is 39.2 Å². The van der Waals surface area contributed by atoms with Gasteiger partial charge in [-0.2, -0.15) is 0 Å². The molecule has 0 atom stereocenters. The van der Waals surface area contributed by atoms with Crippen molar-refractivity contribution in [2.24, 2.45) is 0 Å². The summed E-state index contributed by atoms with van der Waals surface area (Å²) in [5.41, 5.74) is 1.42. The Kier molecular flexibility index (Phi) is 5.16. The Labute approximate surface area is 157 Å². The molecule has 1 amide bonds. The van der Waals surface area contributed by atoms with Gasteiger partial charge in [0, 0.05) is 24.2 Å². The van der Waals surface area contributed by atoms with Crippen molar-refractivity contribution in [2.45, 2.75) is 51.1 Å². The van der Waals surface area contributed by atoms with Gasteiger partial charge in [0.05, 0.1) is 16.9 Å². The van der Waals surface area contributed by atoms with E-state index < -0.39 is 5.60 Å². The maximum absolute atomic E-state index is 12.2. The number of hydrogen-bond acceptors (Lipinski definition) is 3. The van der Waals surface area contributed by atoms with Crippen LogP contribution in [0.1, 0.15) is 45.5 Å². The molecule has 0 aliphatic carbocycles. The Morgan fingerprint density at radius 2 is 2.00 bits per heavy atom. The van der Waals surface area contributed by atoms with Gasteiger partial charge >= 0.3 is 6.09 Å². The SMILES string of the molecule is CC(C)(C)OC(=O)N1CCC(n2c(CCl)nc3cc(Cl)ccc32)CC1. The summed E-state index contributed by atoms with van der Waals surface area (Å²) in [4.78, 5) is 18.6. The normalized spacial score (nSPS) is 16.4. The Morgan fingerprint density at radius 3 is 2.60 bits per heavy atom. The third-order valence-corrected chi connectivity index (χ3v) is 4.80. The van der Waals surface area contributed by atoms with Crippen molar-refractivity contribution in [1.82, 2.24) is 14.5 Å². The lowest BCUT2D eigenvalue weighted by molar-refractivity contribution is 0.0189. The highest BCUT2D eigenvalue weighted by atomic mass is 35.5. The molecular formula is C18H23Cl2N3O2. The molecule has 1 aliphatic heterocycles. The van der Waals surface area contributed by atoms with E-state index in [9.17, 15) is 4.79 Å². The Balaban J connectivity index is 1.77. The average Bonchev–Trinajstić information content (AvgIpc) is 2.91. The summed E-state index contributed by atoms with van der Waals surface area (Å²) in [7, 11) is 0. The number of likely N-dealkylation sites (tertiary alicyclic amines) is 1. The van der Waals surface area contributed by atoms with Gasteiger partial charge in [0.1, 0.15) is 11.4 Å². The highest BCUT2D eigenvalue weighted by Gasteiger charge is 2.29. The molecule has 0 radical (unpaired) electrons. The quantitative estimate of drug-likeness (QED) is 0.685. The summed E-state index contributed by atoms with van der Waals surface area (Å²) >= 11 is 12.2. The van der Waals surface area contributed by atoms with E-state index in [0.29, 0.717) is 24.0 Å². The third-order valence-electron chi connectivity index (χ3n) is 4.33. The van der Waals surface area contributed by atoms with Crippen LogP contribution < -0.4 is 0 Å². The van der Waals surface area contributed by atoms with Crippen molar-refractivity contribution in [3.63, 3.8) is 0 Å². The number of fused-ring (bicyclic) bond motifs is 1. The summed E-state index contributed by atoms with van der Waals surface area (Å²) < 4.78 is 7.66. The minimum absolute atomic E-state index is 0.245. The van der Waals surface area contributed by atoms with Crippen LogP contribution in [0, 0.1) is 0 Å². The molecule has 3 rings (SSSR count). The Morgan fingerprint density at radius 1 is 1.32 bits per heavy atom. The number of alkyl halides is 1. The number of amides is 1. The third kappa shape index (κ3) is 4.04. The number of ether oxygens (including phenoxy) is 1. The maximum Gasteiger partial charge on any atom is 0.410 e. The molecule has 0 N–H and O–H groups in total. The number of carbonyl (C=O) groups is 1. The van der Waals surface area contributed by atoms with Gasteiger partial charge in [-0.3, -0.25) is 0 Å². The zero-order chi connectivity index (χ0) is 18.2. The fourth-order valence-corrected chi connectivity index (χ4v) is 3.61. The number of aromatic nitrogens is 2. The molecule has 5 nitrogen and oxygen atoms in total. The molecule has 0 bridgehead atoms. The van der Waals surface area contributed by atoms with Crippen molar-refractivity contribution in [3.05, 3.63) is 29.0 Å². The van der Waals surface area contributed by atoms with Crippen LogP contribution >= 0.6 is 23.2 Å². The Bertz CT molecular complexity index is 774. The Hall–Kier alpha value is -1.46. The fraction of sp³-hybridized carbons (Fsp3) is 0.556. The van der Waals surface area contributed by atoms with Crippen molar-refractivity contribution in [1.29, 1.82) is 0 Å². The molecule has 1 aromatic heterocycles. The molecule has 2 aromatic rings. The molecule has 0 spiro atoms. The van der Waals surface area contributed by atoms with E-state index in [2.05, 4.69) is 9.55 Å². The van der Waals surface area contributed by atoms with Gasteiger partial charge in [-0.1, -0.05) is 11.6 Å². The van der Waals surface area contributed by atoms with Crippen LogP contribution in [0.4, 0.5) is 4.79 Å². The second-order valence-corrected chi connectivity index (χ2v) is 8.07. The van der Waals surface area contributed by atoms with Crippen molar-refractivity contribution < 1.29 is 9.53 Å². The molecular weight excluding hydrogens is 361 g/mol. The summed E-state index contributed by atoms with van der Waals surface area (Å²) in [6.45, 7) is 6.97. The van der Waals surface area contributed by atoms with Crippen LogP contribution in [-0.2, 0) is 10.6 Å². The number of halogens is 2. The summed E-state index contributed by atoms with van der Waals surface area (Å²) in [6.07, 6.45) is 1.44. The van der Waals surface area contributed by atoms with Crippen LogP contribution in [0.15, 0.2) is 18.2 Å². The summed E-state index contributed by atoms with van der Waals surface area (Å²) in [5, 5.41) is 0.665. The monoisotopic (exact) mass is 383 g/mol. The number of hydrogen-bond donors (Lipinski definition) is 0. The van der Waals surface area contributed by atoms with Crippen LogP contribution in [0.5, 0.6) is 0 Å². The van der Waals surface area contributed by atoms with E-state index in [-0.39, 0.29) is 12.1 Å². The van der Waals surface area contributed by atoms with Gasteiger partial charge in [0.15, 0.2) is 0 Å². The van der Waals surface area contributed by atoms with Crippen LogP contribution in [0.25, 0.3) is 11.0 Å². The van der Waals surface area contributed by atoms with Gasteiger partial charge < -0.3 is 14.2 Å². The number of nitrogens with zero attached hydrogens (tertiary/aromatic N) is 3. The number of piperidine rings is 1.